The summed E-state index contributed by atoms with van der Waals surface area (Å²) in [5.74, 6) is -0.584. The van der Waals surface area contributed by atoms with Gasteiger partial charge in [-0.25, -0.2) is 9.37 Å². The van der Waals surface area contributed by atoms with E-state index in [2.05, 4.69) is 20.6 Å². The lowest BCUT2D eigenvalue weighted by molar-refractivity contribution is -0.111. The van der Waals surface area contributed by atoms with Crippen molar-refractivity contribution in [3.05, 3.63) is 95.9 Å². The van der Waals surface area contributed by atoms with Crippen LogP contribution in [0.3, 0.4) is 0 Å². The zero-order chi connectivity index (χ0) is 20.8. The molecule has 0 radical (unpaired) electrons. The molecule has 2 N–H and O–H groups in total. The lowest BCUT2D eigenvalue weighted by Crippen LogP contribution is -2.07. The molecule has 0 aliphatic heterocycles. The number of hydrogen-bond donors (Lipinski definition) is 2. The predicted octanol–water partition coefficient (Wildman–Crippen LogP) is 5.74. The number of rotatable bonds is 6. The summed E-state index contributed by atoms with van der Waals surface area (Å²) in [6.07, 6.45) is 6.51. The number of benzene rings is 2. The molecule has 0 saturated heterocycles. The number of halogens is 1. The number of carbonyl (C=O) groups is 1. The number of pyridine rings is 1. The van der Waals surface area contributed by atoms with Crippen molar-refractivity contribution < 1.29 is 9.18 Å². The van der Waals surface area contributed by atoms with Gasteiger partial charge < -0.3 is 10.6 Å². The van der Waals surface area contributed by atoms with Gasteiger partial charge >= 0.3 is 0 Å². The lowest BCUT2D eigenvalue weighted by atomic mass is 10.2. The Hall–Kier alpha value is -3.84. The van der Waals surface area contributed by atoms with Crippen molar-refractivity contribution in [2.24, 2.45) is 0 Å². The van der Waals surface area contributed by atoms with Gasteiger partial charge in [-0.3, -0.25) is 9.78 Å². The normalized spacial score (nSPS) is 10.8. The smallest absolute Gasteiger partial charge is 0.248 e. The molecule has 1 amide bonds. The van der Waals surface area contributed by atoms with E-state index in [1.807, 2.05) is 35.7 Å². The van der Waals surface area contributed by atoms with E-state index in [1.54, 1.807) is 36.7 Å². The van der Waals surface area contributed by atoms with Crippen molar-refractivity contribution >= 4 is 39.8 Å². The van der Waals surface area contributed by atoms with Crippen molar-refractivity contribution in [3.8, 4) is 11.3 Å². The highest BCUT2D eigenvalue weighted by atomic mass is 32.1. The summed E-state index contributed by atoms with van der Waals surface area (Å²) in [5.41, 5.74) is 4.09. The van der Waals surface area contributed by atoms with Crippen molar-refractivity contribution in [2.75, 3.05) is 10.6 Å². The third-order valence-corrected chi connectivity index (χ3v) is 4.92. The van der Waals surface area contributed by atoms with E-state index in [0.717, 1.165) is 27.6 Å². The fourth-order valence-electron chi connectivity index (χ4n) is 2.71. The molecule has 0 fully saturated rings. The molecule has 148 valence electrons. The number of anilines is 3. The Morgan fingerprint density at radius 3 is 2.57 bits per heavy atom. The molecular formula is C23H17FN4OS. The molecule has 0 unspecified atom stereocenters. The summed E-state index contributed by atoms with van der Waals surface area (Å²) in [6, 6.07) is 17.1. The minimum atomic E-state index is -0.311. The van der Waals surface area contributed by atoms with Gasteiger partial charge in [-0.2, -0.15) is 0 Å². The zero-order valence-electron chi connectivity index (χ0n) is 15.7. The Morgan fingerprint density at radius 2 is 1.77 bits per heavy atom. The summed E-state index contributed by atoms with van der Waals surface area (Å²) in [7, 11) is 0. The molecule has 0 aliphatic rings. The van der Waals surface area contributed by atoms with E-state index < -0.39 is 0 Å². The van der Waals surface area contributed by atoms with E-state index in [-0.39, 0.29) is 11.7 Å². The van der Waals surface area contributed by atoms with E-state index in [1.165, 1.54) is 29.5 Å². The standard InChI is InChI=1S/C23H17FN4OS/c24-18-7-4-16(5-8-18)6-9-22(29)26-19-2-1-3-20(14-19)27-23-28-21(15-30-23)17-10-12-25-13-11-17/h1-15H,(H,26,29)(H,27,28)/b9-6+. The van der Waals surface area contributed by atoms with Gasteiger partial charge in [0, 0.05) is 40.8 Å². The topological polar surface area (TPSA) is 66.9 Å². The molecule has 4 aromatic rings. The van der Waals surface area contributed by atoms with Crippen LogP contribution < -0.4 is 10.6 Å². The monoisotopic (exact) mass is 416 g/mol. The summed E-state index contributed by atoms with van der Waals surface area (Å²) < 4.78 is 12.9. The number of aromatic nitrogens is 2. The average molecular weight is 416 g/mol. The van der Waals surface area contributed by atoms with Crippen LogP contribution >= 0.6 is 11.3 Å². The molecule has 5 nitrogen and oxygen atoms in total. The van der Waals surface area contributed by atoms with Gasteiger partial charge in [0.05, 0.1) is 5.69 Å². The second kappa shape index (κ2) is 9.11. The van der Waals surface area contributed by atoms with Crippen LogP contribution in [0, 0.1) is 5.82 Å². The third-order valence-electron chi connectivity index (χ3n) is 4.16. The Labute approximate surface area is 177 Å². The van der Waals surface area contributed by atoms with Gasteiger partial charge in [-0.05, 0) is 54.1 Å². The fourth-order valence-corrected chi connectivity index (χ4v) is 3.45. The summed E-state index contributed by atoms with van der Waals surface area (Å²) >= 11 is 1.50. The van der Waals surface area contributed by atoms with E-state index in [0.29, 0.717) is 5.69 Å². The highest BCUT2D eigenvalue weighted by molar-refractivity contribution is 7.14. The number of thiazole rings is 1. The maximum absolute atomic E-state index is 12.9. The van der Waals surface area contributed by atoms with Crippen molar-refractivity contribution in [3.63, 3.8) is 0 Å². The van der Waals surface area contributed by atoms with Gasteiger partial charge in [0.2, 0.25) is 5.91 Å². The van der Waals surface area contributed by atoms with Gasteiger partial charge in [0.1, 0.15) is 5.82 Å². The molecule has 0 atom stereocenters. The van der Waals surface area contributed by atoms with E-state index in [9.17, 15) is 9.18 Å². The van der Waals surface area contributed by atoms with Crippen LogP contribution in [0.25, 0.3) is 17.3 Å². The molecule has 0 bridgehead atoms. The van der Waals surface area contributed by atoms with Crippen LogP contribution in [0.4, 0.5) is 20.9 Å². The molecule has 4 rings (SSSR count). The van der Waals surface area contributed by atoms with Crippen molar-refractivity contribution in [2.45, 2.75) is 0 Å². The second-order valence-electron chi connectivity index (χ2n) is 6.35. The SMILES string of the molecule is O=C(/C=C/c1ccc(F)cc1)Nc1cccc(Nc2nc(-c3ccncc3)cs2)c1. The highest BCUT2D eigenvalue weighted by Crippen LogP contribution is 2.27. The van der Waals surface area contributed by atoms with Crippen molar-refractivity contribution in [1.82, 2.24) is 9.97 Å². The van der Waals surface area contributed by atoms with E-state index in [4.69, 9.17) is 0 Å². The molecule has 0 spiro atoms. The first-order valence-corrected chi connectivity index (χ1v) is 10.0. The van der Waals surface area contributed by atoms with Crippen LogP contribution in [0.5, 0.6) is 0 Å². The quantitative estimate of drug-likeness (QED) is 0.393. The second-order valence-corrected chi connectivity index (χ2v) is 7.21. The summed E-state index contributed by atoms with van der Waals surface area (Å²) in [6.45, 7) is 0. The predicted molar refractivity (Wildman–Crippen MR) is 119 cm³/mol. The first kappa shape index (κ1) is 19.5. The maximum Gasteiger partial charge on any atom is 0.248 e. The minimum absolute atomic E-state index is 0.273. The molecule has 0 saturated carbocycles. The molecule has 0 aliphatic carbocycles. The fraction of sp³-hybridized carbons (Fsp3) is 0. The molecule has 2 heterocycles. The number of amides is 1. The largest absolute Gasteiger partial charge is 0.331 e. The highest BCUT2D eigenvalue weighted by Gasteiger charge is 2.06. The lowest BCUT2D eigenvalue weighted by Gasteiger charge is -2.06. The summed E-state index contributed by atoms with van der Waals surface area (Å²) in [4.78, 5) is 20.8. The molecule has 7 heteroatoms. The van der Waals surface area contributed by atoms with Crippen LogP contribution in [0.2, 0.25) is 0 Å². The first-order chi connectivity index (χ1) is 14.7. The van der Waals surface area contributed by atoms with Gasteiger partial charge in [0.15, 0.2) is 5.13 Å². The number of nitrogens with one attached hydrogen (secondary N) is 2. The first-order valence-electron chi connectivity index (χ1n) is 9.13. The third kappa shape index (κ3) is 5.15. The molecule has 30 heavy (non-hydrogen) atoms. The van der Waals surface area contributed by atoms with Gasteiger partial charge in [-0.1, -0.05) is 18.2 Å². The number of hydrogen-bond acceptors (Lipinski definition) is 5. The number of nitrogens with zero attached hydrogens (tertiary/aromatic N) is 2. The summed E-state index contributed by atoms with van der Waals surface area (Å²) in [5, 5.41) is 8.80. The van der Waals surface area contributed by atoms with Crippen LogP contribution in [-0.4, -0.2) is 15.9 Å². The van der Waals surface area contributed by atoms with Gasteiger partial charge in [-0.15, -0.1) is 11.3 Å². The average Bonchev–Trinajstić information content (AvgIpc) is 3.23. The Morgan fingerprint density at radius 1 is 1.00 bits per heavy atom. The zero-order valence-corrected chi connectivity index (χ0v) is 16.6. The van der Waals surface area contributed by atoms with Crippen LogP contribution in [0.1, 0.15) is 5.56 Å². The van der Waals surface area contributed by atoms with Gasteiger partial charge in [0.25, 0.3) is 0 Å². The minimum Gasteiger partial charge on any atom is -0.331 e. The van der Waals surface area contributed by atoms with Crippen LogP contribution in [0.15, 0.2) is 84.5 Å². The van der Waals surface area contributed by atoms with Crippen molar-refractivity contribution in [1.29, 1.82) is 0 Å². The van der Waals surface area contributed by atoms with E-state index >= 15 is 0 Å². The Balaban J connectivity index is 1.40. The number of carbonyl (C=O) groups excluding carboxylic acids is 1. The Kier molecular flexibility index (Phi) is 5.91. The Bertz CT molecular complexity index is 1170. The van der Waals surface area contributed by atoms with Crippen LogP contribution in [-0.2, 0) is 4.79 Å². The molecule has 2 aromatic carbocycles. The maximum atomic E-state index is 12.9. The molecular weight excluding hydrogens is 399 g/mol. The molecule has 2 aromatic heterocycles.